The van der Waals surface area contributed by atoms with E-state index in [0.29, 0.717) is 22.7 Å². The summed E-state index contributed by atoms with van der Waals surface area (Å²) in [4.78, 5) is 28.6. The number of carbonyl (C=O) groups excluding carboxylic acids is 2. The van der Waals surface area contributed by atoms with Crippen molar-refractivity contribution in [2.75, 3.05) is 17.1 Å². The Bertz CT molecular complexity index is 1180. The lowest BCUT2D eigenvalue weighted by molar-refractivity contribution is -0.140. The molecule has 0 heterocycles. The first-order valence-electron chi connectivity index (χ1n) is 12.4. The predicted octanol–water partition coefficient (Wildman–Crippen LogP) is 4.59. The van der Waals surface area contributed by atoms with E-state index in [9.17, 15) is 18.0 Å². The van der Waals surface area contributed by atoms with Crippen LogP contribution in [0.1, 0.15) is 55.7 Å². The van der Waals surface area contributed by atoms with Gasteiger partial charge in [0, 0.05) is 17.6 Å². The molecule has 0 spiro atoms. The minimum Gasteiger partial charge on any atom is -0.352 e. The summed E-state index contributed by atoms with van der Waals surface area (Å²) in [5.41, 5.74) is 2.98. The van der Waals surface area contributed by atoms with Crippen molar-refractivity contribution in [2.24, 2.45) is 0 Å². The number of hydrogen-bond acceptors (Lipinski definition) is 4. The summed E-state index contributed by atoms with van der Waals surface area (Å²) < 4.78 is 26.6. The topological polar surface area (TPSA) is 86.8 Å². The summed E-state index contributed by atoms with van der Waals surface area (Å²) in [5.74, 6) is -0.637. The minimum atomic E-state index is -3.79. The van der Waals surface area contributed by atoms with Crippen molar-refractivity contribution < 1.29 is 18.0 Å². The molecule has 2 amide bonds. The van der Waals surface area contributed by atoms with Crippen LogP contribution in [0.3, 0.4) is 0 Å². The lowest BCUT2D eigenvalue weighted by Crippen LogP contribution is -2.53. The van der Waals surface area contributed by atoms with Crippen LogP contribution in [0.2, 0.25) is 5.02 Å². The number of halogens is 1. The molecule has 2 aromatic rings. The van der Waals surface area contributed by atoms with Crippen molar-refractivity contribution in [1.29, 1.82) is 0 Å². The van der Waals surface area contributed by atoms with E-state index in [4.69, 9.17) is 11.6 Å². The first-order chi connectivity index (χ1) is 17.0. The zero-order chi connectivity index (χ0) is 26.5. The molecule has 196 valence electrons. The molecule has 1 N–H and O–H groups in total. The van der Waals surface area contributed by atoms with Crippen LogP contribution in [0.15, 0.2) is 42.5 Å². The lowest BCUT2D eigenvalue weighted by Gasteiger charge is -2.33. The fourth-order valence-corrected chi connectivity index (χ4v) is 5.80. The van der Waals surface area contributed by atoms with E-state index in [2.05, 4.69) is 5.32 Å². The third-order valence-corrected chi connectivity index (χ3v) is 8.03. The lowest BCUT2D eigenvalue weighted by atomic mass is 10.1. The minimum absolute atomic E-state index is 0.118. The summed E-state index contributed by atoms with van der Waals surface area (Å²) in [5, 5.41) is 3.59. The molecular weight excluding hydrogens is 498 g/mol. The number of nitrogens with one attached hydrogen (secondary N) is 1. The van der Waals surface area contributed by atoms with Gasteiger partial charge in [0.05, 0.1) is 11.9 Å². The summed E-state index contributed by atoms with van der Waals surface area (Å²) in [7, 11) is -3.79. The SMILES string of the molecule is CC[C@H](C(=O)NC1CCCC1)N(Cc1ccc(C)cc1)C(=O)CN(c1ccc(Cl)cc1C)S(C)(=O)=O. The molecule has 7 nitrogen and oxygen atoms in total. The maximum absolute atomic E-state index is 13.8. The Hall–Kier alpha value is -2.58. The van der Waals surface area contributed by atoms with E-state index in [0.717, 1.165) is 47.4 Å². The predicted molar refractivity (Wildman–Crippen MR) is 145 cm³/mol. The van der Waals surface area contributed by atoms with E-state index in [-0.39, 0.29) is 18.5 Å². The first-order valence-corrected chi connectivity index (χ1v) is 14.6. The molecule has 1 aliphatic carbocycles. The van der Waals surface area contributed by atoms with Crippen LogP contribution < -0.4 is 9.62 Å². The molecule has 3 rings (SSSR count). The molecule has 1 atom stereocenters. The van der Waals surface area contributed by atoms with Gasteiger partial charge in [-0.25, -0.2) is 8.42 Å². The van der Waals surface area contributed by atoms with Gasteiger partial charge in [0.1, 0.15) is 12.6 Å². The van der Waals surface area contributed by atoms with Crippen LogP contribution in [-0.2, 0) is 26.2 Å². The highest BCUT2D eigenvalue weighted by molar-refractivity contribution is 7.92. The Balaban J connectivity index is 1.93. The molecule has 9 heteroatoms. The van der Waals surface area contributed by atoms with Crippen molar-refractivity contribution in [3.8, 4) is 0 Å². The van der Waals surface area contributed by atoms with E-state index in [1.807, 2.05) is 38.1 Å². The Morgan fingerprint density at radius 3 is 2.28 bits per heavy atom. The average molecular weight is 534 g/mol. The molecule has 0 aliphatic heterocycles. The monoisotopic (exact) mass is 533 g/mol. The van der Waals surface area contributed by atoms with Gasteiger partial charge in [0.15, 0.2) is 0 Å². The van der Waals surface area contributed by atoms with Gasteiger partial charge in [-0.2, -0.15) is 0 Å². The zero-order valence-corrected chi connectivity index (χ0v) is 23.0. The van der Waals surface area contributed by atoms with E-state index >= 15 is 0 Å². The number of hydrogen-bond donors (Lipinski definition) is 1. The Morgan fingerprint density at radius 2 is 1.72 bits per heavy atom. The molecule has 0 bridgehead atoms. The van der Waals surface area contributed by atoms with Crippen LogP contribution in [0.5, 0.6) is 0 Å². The molecule has 0 saturated heterocycles. The molecule has 1 aliphatic rings. The summed E-state index contributed by atoms with van der Waals surface area (Å²) in [6, 6.07) is 12.0. The number of sulfonamides is 1. The van der Waals surface area contributed by atoms with Crippen molar-refractivity contribution >= 4 is 39.1 Å². The second-order valence-electron chi connectivity index (χ2n) is 9.62. The molecule has 0 radical (unpaired) electrons. The van der Waals surface area contributed by atoms with Crippen LogP contribution in [-0.4, -0.2) is 50.0 Å². The van der Waals surface area contributed by atoms with Crippen LogP contribution in [0, 0.1) is 13.8 Å². The maximum atomic E-state index is 13.8. The maximum Gasteiger partial charge on any atom is 0.244 e. The molecule has 36 heavy (non-hydrogen) atoms. The molecular formula is C27H36ClN3O4S. The van der Waals surface area contributed by atoms with Crippen molar-refractivity contribution in [2.45, 2.75) is 71.5 Å². The summed E-state index contributed by atoms with van der Waals surface area (Å²) >= 11 is 6.07. The number of carbonyl (C=O) groups is 2. The fourth-order valence-electron chi connectivity index (χ4n) is 4.67. The number of amides is 2. The number of nitrogens with zero attached hydrogens (tertiary/aromatic N) is 2. The quantitative estimate of drug-likeness (QED) is 0.484. The number of anilines is 1. The van der Waals surface area contributed by atoms with Crippen LogP contribution in [0.4, 0.5) is 5.69 Å². The average Bonchev–Trinajstić information content (AvgIpc) is 3.31. The van der Waals surface area contributed by atoms with Gasteiger partial charge >= 0.3 is 0 Å². The van der Waals surface area contributed by atoms with Gasteiger partial charge in [0.2, 0.25) is 21.8 Å². The second kappa shape index (κ2) is 12.1. The van der Waals surface area contributed by atoms with Crippen molar-refractivity contribution in [3.63, 3.8) is 0 Å². The highest BCUT2D eigenvalue weighted by atomic mass is 35.5. The number of rotatable bonds is 10. The van der Waals surface area contributed by atoms with Gasteiger partial charge in [-0.3, -0.25) is 13.9 Å². The normalized spacial score (nSPS) is 14.9. The second-order valence-corrected chi connectivity index (χ2v) is 12.0. The van der Waals surface area contributed by atoms with Gasteiger partial charge in [-0.15, -0.1) is 0 Å². The molecule has 1 fully saturated rings. The molecule has 2 aromatic carbocycles. The van der Waals surface area contributed by atoms with E-state index in [1.54, 1.807) is 25.1 Å². The highest BCUT2D eigenvalue weighted by Gasteiger charge is 2.33. The highest BCUT2D eigenvalue weighted by Crippen LogP contribution is 2.26. The fraction of sp³-hybridized carbons (Fsp3) is 0.481. The number of aryl methyl sites for hydroxylation is 2. The standard InChI is InChI=1S/C27H36ClN3O4S/c1-5-24(27(33)29-23-8-6-7-9-23)30(17-21-12-10-19(2)11-13-21)26(32)18-31(36(4,34)35)25-15-14-22(28)16-20(25)3/h10-16,23-24H,5-9,17-18H2,1-4H3,(H,29,33)/t24-/m1/s1. The third kappa shape index (κ3) is 7.23. The molecule has 1 saturated carbocycles. The zero-order valence-electron chi connectivity index (χ0n) is 21.5. The van der Waals surface area contributed by atoms with E-state index < -0.39 is 28.5 Å². The molecule has 0 aromatic heterocycles. The third-order valence-electron chi connectivity index (χ3n) is 6.67. The van der Waals surface area contributed by atoms with E-state index in [1.165, 1.54) is 4.90 Å². The first kappa shape index (κ1) is 28.0. The summed E-state index contributed by atoms with van der Waals surface area (Å²) in [6.07, 6.45) is 5.52. The summed E-state index contributed by atoms with van der Waals surface area (Å²) in [6.45, 7) is 5.38. The Kier molecular flexibility index (Phi) is 9.41. The van der Waals surface area contributed by atoms with Crippen LogP contribution >= 0.6 is 11.6 Å². The van der Waals surface area contributed by atoms with Crippen LogP contribution in [0.25, 0.3) is 0 Å². The van der Waals surface area contributed by atoms with Gasteiger partial charge in [-0.1, -0.05) is 61.2 Å². The largest absolute Gasteiger partial charge is 0.352 e. The van der Waals surface area contributed by atoms with Gasteiger partial charge < -0.3 is 10.2 Å². The smallest absolute Gasteiger partial charge is 0.244 e. The Labute approximate surface area is 219 Å². The van der Waals surface area contributed by atoms with Gasteiger partial charge in [0.25, 0.3) is 0 Å². The molecule has 0 unspecified atom stereocenters. The van der Waals surface area contributed by atoms with Crippen molar-refractivity contribution in [1.82, 2.24) is 10.2 Å². The van der Waals surface area contributed by atoms with Gasteiger partial charge in [-0.05, 0) is 62.4 Å². The Morgan fingerprint density at radius 1 is 1.08 bits per heavy atom. The van der Waals surface area contributed by atoms with Crippen molar-refractivity contribution in [3.05, 3.63) is 64.2 Å². The number of benzene rings is 2.